The number of aromatic hydroxyl groups is 1. The van der Waals surface area contributed by atoms with Gasteiger partial charge in [0.25, 0.3) is 5.91 Å². The predicted octanol–water partition coefficient (Wildman–Crippen LogP) is 1.50. The van der Waals surface area contributed by atoms with E-state index in [9.17, 15) is 34.8 Å². The van der Waals surface area contributed by atoms with E-state index >= 15 is 0 Å². The highest BCUT2D eigenvalue weighted by molar-refractivity contribution is 6.24. The van der Waals surface area contributed by atoms with E-state index in [1.165, 1.54) is 18.1 Å². The van der Waals surface area contributed by atoms with Gasteiger partial charge < -0.3 is 36.2 Å². The van der Waals surface area contributed by atoms with Gasteiger partial charge >= 0.3 is 0 Å². The van der Waals surface area contributed by atoms with Crippen LogP contribution >= 0.6 is 0 Å². The number of nitrogens with zero attached hydrogens (tertiary/aromatic N) is 1. The average Bonchev–Trinajstić information content (AvgIpc) is 2.83. The second-order valence-corrected chi connectivity index (χ2v) is 12.4. The number of benzene rings is 1. The Kier molecular flexibility index (Phi) is 7.32. The van der Waals surface area contributed by atoms with Gasteiger partial charge in [-0.3, -0.25) is 19.3 Å². The highest BCUT2D eigenvalue weighted by Gasteiger charge is 2.64. The van der Waals surface area contributed by atoms with E-state index in [4.69, 9.17) is 10.5 Å². The van der Waals surface area contributed by atoms with E-state index in [1.807, 2.05) is 0 Å². The summed E-state index contributed by atoms with van der Waals surface area (Å²) in [6.45, 7) is 8.74. The van der Waals surface area contributed by atoms with Crippen molar-refractivity contribution in [3.05, 3.63) is 39.7 Å². The number of methoxy groups -OCH3 is 1. The van der Waals surface area contributed by atoms with Crippen molar-refractivity contribution in [3.63, 3.8) is 0 Å². The van der Waals surface area contributed by atoms with Crippen molar-refractivity contribution in [1.29, 1.82) is 0 Å². The Balaban J connectivity index is 1.87. The Hall–Kier alpha value is -3.41. The molecule has 3 aliphatic carbocycles. The molecule has 0 radical (unpaired) electrons. The topological polar surface area (TPSA) is 183 Å². The number of ketones is 2. The molecule has 0 bridgehead atoms. The molecule has 1 aromatic carbocycles. The minimum absolute atomic E-state index is 0.000703. The van der Waals surface area contributed by atoms with E-state index in [1.54, 1.807) is 14.1 Å². The molecule has 218 valence electrons. The van der Waals surface area contributed by atoms with Crippen molar-refractivity contribution in [1.82, 2.24) is 10.2 Å². The molecule has 4 rings (SSSR count). The van der Waals surface area contributed by atoms with Crippen LogP contribution in [-0.4, -0.2) is 81.7 Å². The maximum Gasteiger partial charge on any atom is 0.255 e. The third-order valence-corrected chi connectivity index (χ3v) is 8.85. The number of nitrogens with two attached hydrogens (primary N) is 1. The number of phenolic OH excluding ortho intramolecular Hbond substituents is 1. The Morgan fingerprint density at radius 2 is 1.88 bits per heavy atom. The van der Waals surface area contributed by atoms with Crippen LogP contribution < -0.4 is 15.8 Å². The van der Waals surface area contributed by atoms with Crippen LogP contribution in [0, 0.1) is 17.3 Å². The molecular formula is C29H39N3O8. The molecular weight excluding hydrogens is 518 g/mol. The molecule has 1 aromatic rings. The normalized spacial score (nSPS) is 27.4. The summed E-state index contributed by atoms with van der Waals surface area (Å²) in [6.07, 6.45) is 0.174. The lowest BCUT2D eigenvalue weighted by Gasteiger charge is -2.50. The van der Waals surface area contributed by atoms with Gasteiger partial charge in [-0.2, -0.15) is 0 Å². The van der Waals surface area contributed by atoms with Crippen LogP contribution in [0.4, 0.5) is 0 Å². The fourth-order valence-corrected chi connectivity index (χ4v) is 6.31. The SMILES string of the molecule is COc1c(CN[C@H](C)C(C)(C)C)cc(O)c2c1C[C@H]1C[C@H]3[C@H](N(C)C)C(=O)C(C(N)=O)=C(O)[C@@]3(O)C(=O)C1=C2O. The maximum atomic E-state index is 13.9. The third-order valence-electron chi connectivity index (χ3n) is 8.85. The van der Waals surface area contributed by atoms with Crippen LogP contribution in [0.15, 0.2) is 23.0 Å². The van der Waals surface area contributed by atoms with Crippen molar-refractivity contribution in [2.45, 2.75) is 64.8 Å². The molecule has 40 heavy (non-hydrogen) atoms. The molecule has 1 amide bonds. The Bertz CT molecular complexity index is 1360. The summed E-state index contributed by atoms with van der Waals surface area (Å²) in [7, 11) is 4.61. The number of fused-ring (bicyclic) bond motifs is 3. The van der Waals surface area contributed by atoms with Gasteiger partial charge in [-0.1, -0.05) is 20.8 Å². The van der Waals surface area contributed by atoms with Crippen LogP contribution in [0.25, 0.3) is 5.76 Å². The lowest BCUT2D eigenvalue weighted by Crippen LogP contribution is -2.65. The second kappa shape index (κ2) is 9.90. The molecule has 7 N–H and O–H groups in total. The number of rotatable bonds is 6. The highest BCUT2D eigenvalue weighted by Crippen LogP contribution is 2.54. The molecule has 0 spiro atoms. The first-order valence-corrected chi connectivity index (χ1v) is 13.3. The molecule has 0 aliphatic heterocycles. The number of nitrogens with one attached hydrogen (secondary N) is 1. The van der Waals surface area contributed by atoms with Gasteiger partial charge in [0.1, 0.15) is 28.6 Å². The van der Waals surface area contributed by atoms with Crippen LogP contribution in [0.1, 0.15) is 50.8 Å². The zero-order chi connectivity index (χ0) is 30.1. The first kappa shape index (κ1) is 29.6. The summed E-state index contributed by atoms with van der Waals surface area (Å²) in [5, 5.41) is 48.5. The summed E-state index contributed by atoms with van der Waals surface area (Å²) >= 11 is 0. The number of phenols is 1. The average molecular weight is 558 g/mol. The van der Waals surface area contributed by atoms with Gasteiger partial charge in [-0.25, -0.2) is 0 Å². The standard InChI is InChI=1S/C29H39N3O8/c1-12(28(2,3)4)31-11-14-10-17(33)19-15(24(14)40-7)8-13-9-16-21(32(5)6)23(35)20(27(30)38)26(37)29(16,39)25(36)18(13)22(19)34/h10,12-13,16,21,31,33-34,37,39H,8-9,11H2,1-7H3,(H2,30,38)/t12-,13+,16+,21+,29+/m1/s1. The number of hydrogen-bond acceptors (Lipinski definition) is 10. The van der Waals surface area contributed by atoms with Gasteiger partial charge in [-0.15, -0.1) is 0 Å². The fraction of sp³-hybridized carbons (Fsp3) is 0.552. The molecule has 1 fully saturated rings. The van der Waals surface area contributed by atoms with E-state index in [2.05, 4.69) is 33.0 Å². The van der Waals surface area contributed by atoms with Gasteiger partial charge in [0.15, 0.2) is 11.4 Å². The van der Waals surface area contributed by atoms with Crippen molar-refractivity contribution < 1.29 is 39.5 Å². The number of likely N-dealkylation sites (N-methyl/N-ethyl adjacent to an activating group) is 1. The highest BCUT2D eigenvalue weighted by atomic mass is 16.5. The van der Waals surface area contributed by atoms with E-state index in [0.29, 0.717) is 23.4 Å². The van der Waals surface area contributed by atoms with Crippen molar-refractivity contribution in [3.8, 4) is 11.5 Å². The monoisotopic (exact) mass is 557 g/mol. The summed E-state index contributed by atoms with van der Waals surface area (Å²) in [4.78, 5) is 40.7. The van der Waals surface area contributed by atoms with Crippen molar-refractivity contribution in [2.75, 3.05) is 21.2 Å². The van der Waals surface area contributed by atoms with E-state index in [-0.39, 0.29) is 41.2 Å². The second-order valence-electron chi connectivity index (χ2n) is 12.4. The summed E-state index contributed by atoms with van der Waals surface area (Å²) in [5.74, 6) is -6.40. The molecule has 0 heterocycles. The van der Waals surface area contributed by atoms with Crippen LogP contribution in [0.5, 0.6) is 11.5 Å². The van der Waals surface area contributed by atoms with Gasteiger partial charge in [0, 0.05) is 35.2 Å². The summed E-state index contributed by atoms with van der Waals surface area (Å²) in [6, 6.07) is 0.454. The number of hydrogen-bond donors (Lipinski definition) is 6. The van der Waals surface area contributed by atoms with Crippen molar-refractivity contribution >= 4 is 23.2 Å². The summed E-state index contributed by atoms with van der Waals surface area (Å²) < 4.78 is 5.75. The Morgan fingerprint density at radius 1 is 1.25 bits per heavy atom. The lowest BCUT2D eigenvalue weighted by molar-refractivity contribution is -0.153. The molecule has 0 saturated heterocycles. The Labute approximate surface area is 233 Å². The van der Waals surface area contributed by atoms with E-state index in [0.717, 1.165) is 0 Å². The largest absolute Gasteiger partial charge is 0.508 e. The van der Waals surface area contributed by atoms with Crippen LogP contribution in [0.2, 0.25) is 0 Å². The molecule has 0 unspecified atom stereocenters. The number of carbonyl (C=O) groups excluding carboxylic acids is 3. The number of amides is 1. The van der Waals surface area contributed by atoms with Gasteiger partial charge in [-0.05, 0) is 51.3 Å². The first-order chi connectivity index (χ1) is 18.5. The minimum atomic E-state index is -2.67. The Morgan fingerprint density at radius 3 is 2.40 bits per heavy atom. The third kappa shape index (κ3) is 4.27. The quantitative estimate of drug-likeness (QED) is 0.280. The minimum Gasteiger partial charge on any atom is -0.508 e. The number of carbonyl (C=O) groups is 3. The molecule has 5 atom stereocenters. The molecule has 1 saturated carbocycles. The maximum absolute atomic E-state index is 13.9. The summed E-state index contributed by atoms with van der Waals surface area (Å²) in [5.41, 5.74) is 2.79. The van der Waals surface area contributed by atoms with Crippen molar-refractivity contribution in [2.24, 2.45) is 23.0 Å². The number of Topliss-reactive ketones (excluding diaryl/α,β-unsaturated/α-hetero) is 2. The van der Waals surface area contributed by atoms with Gasteiger partial charge in [0.05, 0.1) is 18.7 Å². The van der Waals surface area contributed by atoms with E-state index < -0.39 is 58.0 Å². The predicted molar refractivity (Wildman–Crippen MR) is 147 cm³/mol. The molecule has 11 heteroatoms. The molecule has 11 nitrogen and oxygen atoms in total. The first-order valence-electron chi connectivity index (χ1n) is 13.3. The molecule has 0 aromatic heterocycles. The smallest absolute Gasteiger partial charge is 0.255 e. The van der Waals surface area contributed by atoms with Gasteiger partial charge in [0.2, 0.25) is 5.78 Å². The fourth-order valence-electron chi connectivity index (χ4n) is 6.31. The van der Waals surface area contributed by atoms with Crippen LogP contribution in [-0.2, 0) is 27.3 Å². The zero-order valence-electron chi connectivity index (χ0n) is 24.0. The number of aliphatic hydroxyl groups excluding tert-OH is 2. The molecule has 3 aliphatic rings. The lowest BCUT2D eigenvalue weighted by atomic mass is 9.57. The van der Waals surface area contributed by atoms with Crippen LogP contribution in [0.3, 0.4) is 0 Å². The number of ether oxygens (including phenoxy) is 1. The zero-order valence-corrected chi connectivity index (χ0v) is 24.0. The number of primary amides is 1. The number of aliphatic hydroxyl groups is 3.